The smallest absolute Gasteiger partial charge is 0.232 e. The van der Waals surface area contributed by atoms with Crippen molar-refractivity contribution in [3.63, 3.8) is 0 Å². The molecular formula is C33H34ClN3O3. The molecule has 0 aliphatic carbocycles. The van der Waals surface area contributed by atoms with Crippen molar-refractivity contribution in [2.24, 2.45) is 0 Å². The normalized spacial score (nSPS) is 15.4. The van der Waals surface area contributed by atoms with Crippen LogP contribution in [0.3, 0.4) is 0 Å². The van der Waals surface area contributed by atoms with Crippen molar-refractivity contribution in [1.82, 2.24) is 4.98 Å². The second kappa shape index (κ2) is 12.0. The number of rotatable bonds is 9. The Morgan fingerprint density at radius 3 is 2.48 bits per heavy atom. The SMILES string of the molecule is CC[C@@H](C)Oc1cc2c(cc1OC)CC(=O)N(c1ccc(N(C)Cc3cccnc3)cc1)C2c1ccc(Cl)cc1. The monoisotopic (exact) mass is 555 g/mol. The van der Waals surface area contributed by atoms with Gasteiger partial charge >= 0.3 is 0 Å². The van der Waals surface area contributed by atoms with Crippen LogP contribution in [0.4, 0.5) is 11.4 Å². The number of carbonyl (C=O) groups is 1. The molecule has 1 aliphatic rings. The van der Waals surface area contributed by atoms with Gasteiger partial charge in [-0.05, 0) is 90.2 Å². The molecule has 0 radical (unpaired) electrons. The highest BCUT2D eigenvalue weighted by atomic mass is 35.5. The minimum absolute atomic E-state index is 0.0153. The van der Waals surface area contributed by atoms with Crippen LogP contribution in [0.2, 0.25) is 5.02 Å². The molecule has 7 heteroatoms. The van der Waals surface area contributed by atoms with Crippen LogP contribution in [0.1, 0.15) is 48.6 Å². The van der Waals surface area contributed by atoms with Gasteiger partial charge in [0.25, 0.3) is 0 Å². The second-order valence-electron chi connectivity index (χ2n) is 10.2. The fourth-order valence-electron chi connectivity index (χ4n) is 5.10. The van der Waals surface area contributed by atoms with Crippen molar-refractivity contribution in [2.45, 2.75) is 45.4 Å². The van der Waals surface area contributed by atoms with Gasteiger partial charge in [0.2, 0.25) is 5.91 Å². The number of aromatic nitrogens is 1. The summed E-state index contributed by atoms with van der Waals surface area (Å²) in [6, 6.07) is 23.5. The van der Waals surface area contributed by atoms with Gasteiger partial charge in [0.05, 0.1) is 25.7 Å². The summed E-state index contributed by atoms with van der Waals surface area (Å²) in [6.07, 6.45) is 4.81. The summed E-state index contributed by atoms with van der Waals surface area (Å²) in [7, 11) is 3.68. The maximum Gasteiger partial charge on any atom is 0.232 e. The Kier molecular flexibility index (Phi) is 8.27. The molecule has 0 saturated carbocycles. The first-order valence-corrected chi connectivity index (χ1v) is 13.9. The molecule has 1 aromatic heterocycles. The Morgan fingerprint density at radius 1 is 1.07 bits per heavy atom. The third kappa shape index (κ3) is 5.77. The molecule has 0 N–H and O–H groups in total. The van der Waals surface area contributed by atoms with Crippen molar-refractivity contribution in [3.8, 4) is 11.5 Å². The van der Waals surface area contributed by atoms with Gasteiger partial charge in [-0.1, -0.05) is 36.7 Å². The summed E-state index contributed by atoms with van der Waals surface area (Å²) in [5, 5.41) is 0.647. The highest BCUT2D eigenvalue weighted by Gasteiger charge is 2.36. The molecule has 3 aromatic carbocycles. The molecule has 5 rings (SSSR count). The zero-order valence-corrected chi connectivity index (χ0v) is 24.1. The van der Waals surface area contributed by atoms with Crippen LogP contribution in [-0.2, 0) is 17.8 Å². The minimum atomic E-state index is -0.349. The van der Waals surface area contributed by atoms with E-state index in [0.717, 1.165) is 46.6 Å². The molecule has 0 saturated heterocycles. The number of hydrogen-bond acceptors (Lipinski definition) is 5. The molecule has 1 unspecified atom stereocenters. The Morgan fingerprint density at radius 2 is 1.82 bits per heavy atom. The maximum absolute atomic E-state index is 13.8. The largest absolute Gasteiger partial charge is 0.493 e. The average molecular weight is 556 g/mol. The summed E-state index contributed by atoms with van der Waals surface area (Å²) >= 11 is 6.25. The van der Waals surface area contributed by atoms with Gasteiger partial charge in [-0.15, -0.1) is 0 Å². The molecule has 2 atom stereocenters. The Bertz CT molecular complexity index is 1460. The van der Waals surface area contributed by atoms with Crippen molar-refractivity contribution < 1.29 is 14.3 Å². The summed E-state index contributed by atoms with van der Waals surface area (Å²) in [6.45, 7) is 4.86. The summed E-state index contributed by atoms with van der Waals surface area (Å²) in [4.78, 5) is 22.1. The van der Waals surface area contributed by atoms with Crippen molar-refractivity contribution in [1.29, 1.82) is 0 Å². The first kappa shape index (κ1) is 27.5. The van der Waals surface area contributed by atoms with Crippen LogP contribution in [0.25, 0.3) is 0 Å². The van der Waals surface area contributed by atoms with Crippen molar-refractivity contribution in [2.75, 3.05) is 24.0 Å². The number of methoxy groups -OCH3 is 1. The number of benzene rings is 3. The lowest BCUT2D eigenvalue weighted by molar-refractivity contribution is -0.118. The summed E-state index contributed by atoms with van der Waals surface area (Å²) < 4.78 is 11.9. The van der Waals surface area contributed by atoms with E-state index in [0.29, 0.717) is 16.5 Å². The number of ether oxygens (including phenoxy) is 2. The second-order valence-corrected chi connectivity index (χ2v) is 10.6. The van der Waals surface area contributed by atoms with E-state index in [4.69, 9.17) is 21.1 Å². The predicted octanol–water partition coefficient (Wildman–Crippen LogP) is 7.24. The van der Waals surface area contributed by atoms with Gasteiger partial charge in [-0.3, -0.25) is 9.78 Å². The zero-order valence-electron chi connectivity index (χ0n) is 23.3. The standard InChI is InChI=1S/C33H34ClN3O3/c1-5-22(2)40-31-19-29-25(17-30(31)39-4)18-32(38)37(33(29)24-8-10-26(34)11-9-24)28-14-12-27(13-15-28)36(3)21-23-7-6-16-35-20-23/h6-17,19-20,22,33H,5,18,21H2,1-4H3/t22-,33?/m1/s1. The summed E-state index contributed by atoms with van der Waals surface area (Å²) in [5.41, 5.74) is 5.92. The Balaban J connectivity index is 1.54. The number of carbonyl (C=O) groups excluding carboxylic acids is 1. The highest BCUT2D eigenvalue weighted by Crippen LogP contribution is 2.44. The van der Waals surface area contributed by atoms with Gasteiger partial charge in [-0.25, -0.2) is 0 Å². The molecule has 0 fully saturated rings. The Labute approximate surface area is 241 Å². The molecule has 1 amide bonds. The zero-order chi connectivity index (χ0) is 28.2. The number of halogens is 1. The average Bonchev–Trinajstić information content (AvgIpc) is 2.97. The van der Waals surface area contributed by atoms with Crippen molar-refractivity contribution in [3.05, 3.63) is 112 Å². The van der Waals surface area contributed by atoms with E-state index < -0.39 is 0 Å². The van der Waals surface area contributed by atoms with Crippen LogP contribution in [0.15, 0.2) is 85.2 Å². The molecular weight excluding hydrogens is 522 g/mol. The van der Waals surface area contributed by atoms with Gasteiger partial charge in [0.1, 0.15) is 0 Å². The van der Waals surface area contributed by atoms with Crippen LogP contribution in [0, 0.1) is 0 Å². The maximum atomic E-state index is 13.8. The molecule has 0 bridgehead atoms. The number of pyridine rings is 1. The summed E-state index contributed by atoms with van der Waals surface area (Å²) in [5.74, 6) is 1.33. The van der Waals surface area contributed by atoms with E-state index in [9.17, 15) is 4.79 Å². The lowest BCUT2D eigenvalue weighted by Gasteiger charge is -2.38. The van der Waals surface area contributed by atoms with E-state index in [-0.39, 0.29) is 24.5 Å². The molecule has 0 spiro atoms. The van der Waals surface area contributed by atoms with Gasteiger partial charge < -0.3 is 19.3 Å². The fourth-order valence-corrected chi connectivity index (χ4v) is 5.23. The molecule has 4 aromatic rings. The quantitative estimate of drug-likeness (QED) is 0.218. The number of anilines is 2. The van der Waals surface area contributed by atoms with Crippen molar-refractivity contribution >= 4 is 28.9 Å². The van der Waals surface area contributed by atoms with E-state index in [1.807, 2.05) is 79.7 Å². The lowest BCUT2D eigenvalue weighted by Crippen LogP contribution is -2.41. The number of hydrogen-bond donors (Lipinski definition) is 0. The third-order valence-electron chi connectivity index (χ3n) is 7.39. The lowest BCUT2D eigenvalue weighted by atomic mass is 9.86. The molecule has 40 heavy (non-hydrogen) atoms. The van der Waals surface area contributed by atoms with Gasteiger partial charge in [-0.2, -0.15) is 0 Å². The molecule has 6 nitrogen and oxygen atoms in total. The number of amides is 1. The van der Waals surface area contributed by atoms with Gasteiger partial charge in [0, 0.05) is 42.4 Å². The van der Waals surface area contributed by atoms with E-state index in [2.05, 4.69) is 35.0 Å². The highest BCUT2D eigenvalue weighted by molar-refractivity contribution is 6.30. The van der Waals surface area contributed by atoms with E-state index in [1.165, 1.54) is 0 Å². The first-order valence-electron chi connectivity index (χ1n) is 13.5. The van der Waals surface area contributed by atoms with Crippen LogP contribution < -0.4 is 19.3 Å². The molecule has 1 aliphatic heterocycles. The third-order valence-corrected chi connectivity index (χ3v) is 7.64. The molecule has 206 valence electrons. The Hall–Kier alpha value is -4.03. The van der Waals surface area contributed by atoms with E-state index >= 15 is 0 Å². The van der Waals surface area contributed by atoms with Crippen LogP contribution in [-0.4, -0.2) is 31.2 Å². The van der Waals surface area contributed by atoms with Gasteiger partial charge in [0.15, 0.2) is 11.5 Å². The topological polar surface area (TPSA) is 54.9 Å². The van der Waals surface area contributed by atoms with Crippen LogP contribution >= 0.6 is 11.6 Å². The predicted molar refractivity (Wildman–Crippen MR) is 161 cm³/mol. The van der Waals surface area contributed by atoms with Crippen LogP contribution in [0.5, 0.6) is 11.5 Å². The van der Waals surface area contributed by atoms with E-state index in [1.54, 1.807) is 13.3 Å². The number of fused-ring (bicyclic) bond motifs is 1. The first-order chi connectivity index (χ1) is 19.4. The minimum Gasteiger partial charge on any atom is -0.493 e. The molecule has 2 heterocycles. The number of nitrogens with zero attached hydrogens (tertiary/aromatic N) is 3. The fraction of sp³-hybridized carbons (Fsp3) is 0.273.